The topological polar surface area (TPSA) is 92.3 Å². The van der Waals surface area contributed by atoms with Gasteiger partial charge < -0.3 is 9.47 Å². The third-order valence-corrected chi connectivity index (χ3v) is 10.1. The Hall–Kier alpha value is -3.35. The van der Waals surface area contributed by atoms with E-state index in [1.165, 1.54) is 28.6 Å². The van der Waals surface area contributed by atoms with Crippen molar-refractivity contribution in [3.05, 3.63) is 88.2 Å². The monoisotopic (exact) mass is 594 g/mol. The highest BCUT2D eigenvalue weighted by Gasteiger charge is 2.32. The average molecular weight is 595 g/mol. The highest BCUT2D eigenvalue weighted by atomic mass is 32.2. The summed E-state index contributed by atoms with van der Waals surface area (Å²) in [7, 11) is -0.391. The van der Waals surface area contributed by atoms with E-state index >= 15 is 0 Å². The second-order valence-electron chi connectivity index (χ2n) is 10.0. The summed E-state index contributed by atoms with van der Waals surface area (Å²) < 4.78 is 38.4. The number of carbonyl (C=O) groups is 1. The van der Waals surface area contributed by atoms with E-state index in [0.29, 0.717) is 39.3 Å². The molecule has 0 spiro atoms. The number of piperazine rings is 1. The molecule has 216 valence electrons. The molecule has 9 nitrogen and oxygen atoms in total. The average Bonchev–Trinajstić information content (AvgIpc) is 3.49. The molecular formula is C30H34N4O5S2. The van der Waals surface area contributed by atoms with Crippen molar-refractivity contribution in [3.8, 4) is 5.75 Å². The van der Waals surface area contributed by atoms with E-state index in [4.69, 9.17) is 9.47 Å². The summed E-state index contributed by atoms with van der Waals surface area (Å²) in [5.74, 6) is 0.181. The SMILES string of the molecule is COC(=O)c1sccc1S(=O)(=O)N1CCN(CCOc2ccc(CN(C)Cc3ccc4ncccc4c3)cc2)CC1. The Morgan fingerprint density at radius 2 is 1.73 bits per heavy atom. The van der Waals surface area contributed by atoms with Gasteiger partial charge in [0.25, 0.3) is 0 Å². The lowest BCUT2D eigenvalue weighted by molar-refractivity contribution is 0.0602. The van der Waals surface area contributed by atoms with Crippen molar-refractivity contribution in [2.24, 2.45) is 0 Å². The maximum atomic E-state index is 13.1. The van der Waals surface area contributed by atoms with Gasteiger partial charge in [-0.15, -0.1) is 11.3 Å². The fraction of sp³-hybridized carbons (Fsp3) is 0.333. The number of carbonyl (C=O) groups excluding carboxylic acids is 1. The molecule has 0 bridgehead atoms. The van der Waals surface area contributed by atoms with E-state index in [1.807, 2.05) is 24.4 Å². The Bertz CT molecular complexity index is 1580. The van der Waals surface area contributed by atoms with Crippen molar-refractivity contribution >= 4 is 38.2 Å². The number of esters is 1. The third-order valence-electron chi connectivity index (χ3n) is 7.12. The number of pyridine rings is 1. The molecule has 1 fully saturated rings. The summed E-state index contributed by atoms with van der Waals surface area (Å²) in [4.78, 5) is 21.0. The molecule has 1 aliphatic rings. The van der Waals surface area contributed by atoms with Crippen LogP contribution in [0.3, 0.4) is 0 Å². The Balaban J connectivity index is 1.05. The molecule has 3 heterocycles. The fourth-order valence-electron chi connectivity index (χ4n) is 4.96. The molecule has 1 saturated heterocycles. The van der Waals surface area contributed by atoms with E-state index < -0.39 is 16.0 Å². The first-order valence-electron chi connectivity index (χ1n) is 13.5. The highest BCUT2D eigenvalue weighted by Crippen LogP contribution is 2.27. The number of nitrogens with zero attached hydrogens (tertiary/aromatic N) is 4. The van der Waals surface area contributed by atoms with Crippen LogP contribution in [-0.2, 0) is 27.8 Å². The van der Waals surface area contributed by atoms with Crippen LogP contribution in [0.1, 0.15) is 20.8 Å². The number of methoxy groups -OCH3 is 1. The summed E-state index contributed by atoms with van der Waals surface area (Å²) in [6.07, 6.45) is 1.81. The van der Waals surface area contributed by atoms with Crippen LogP contribution in [0.4, 0.5) is 0 Å². The second-order valence-corrected chi connectivity index (χ2v) is 12.9. The number of sulfonamides is 1. The number of fused-ring (bicyclic) bond motifs is 1. The molecule has 0 radical (unpaired) electrons. The van der Waals surface area contributed by atoms with Gasteiger partial charge in [-0.05, 0) is 60.0 Å². The van der Waals surface area contributed by atoms with E-state index in [0.717, 1.165) is 41.1 Å². The number of ether oxygens (including phenoxy) is 2. The van der Waals surface area contributed by atoms with Crippen LogP contribution in [-0.4, -0.2) is 87.0 Å². The molecule has 0 N–H and O–H groups in total. The zero-order valence-electron chi connectivity index (χ0n) is 23.2. The van der Waals surface area contributed by atoms with Crippen LogP contribution in [0, 0.1) is 0 Å². The van der Waals surface area contributed by atoms with Crippen LogP contribution in [0.5, 0.6) is 5.75 Å². The van der Waals surface area contributed by atoms with Crippen molar-refractivity contribution in [2.45, 2.75) is 18.0 Å². The minimum absolute atomic E-state index is 0.0204. The molecule has 0 saturated carbocycles. The summed E-state index contributed by atoms with van der Waals surface area (Å²) in [6.45, 7) is 4.79. The molecule has 11 heteroatoms. The fourth-order valence-corrected chi connectivity index (χ4v) is 7.69. The van der Waals surface area contributed by atoms with Gasteiger partial charge in [-0.2, -0.15) is 4.31 Å². The van der Waals surface area contributed by atoms with Crippen molar-refractivity contribution in [1.29, 1.82) is 0 Å². The number of thiophene rings is 1. The van der Waals surface area contributed by atoms with Gasteiger partial charge in [0.2, 0.25) is 10.0 Å². The van der Waals surface area contributed by atoms with Crippen molar-refractivity contribution in [1.82, 2.24) is 19.1 Å². The minimum Gasteiger partial charge on any atom is -0.492 e. The van der Waals surface area contributed by atoms with E-state index in [2.05, 4.69) is 58.2 Å². The van der Waals surface area contributed by atoms with Crippen LogP contribution >= 0.6 is 11.3 Å². The first-order chi connectivity index (χ1) is 19.8. The Morgan fingerprint density at radius 1 is 1.00 bits per heavy atom. The number of benzene rings is 2. The largest absolute Gasteiger partial charge is 0.492 e. The van der Waals surface area contributed by atoms with Gasteiger partial charge >= 0.3 is 5.97 Å². The molecule has 0 atom stereocenters. The normalized spacial score (nSPS) is 14.9. The van der Waals surface area contributed by atoms with Gasteiger partial charge in [0, 0.05) is 57.4 Å². The van der Waals surface area contributed by atoms with E-state index in [9.17, 15) is 13.2 Å². The quantitative estimate of drug-likeness (QED) is 0.240. The first kappa shape index (κ1) is 29.2. The first-order valence-corrected chi connectivity index (χ1v) is 15.8. The molecule has 4 aromatic rings. The number of rotatable bonds is 11. The van der Waals surface area contributed by atoms with Crippen molar-refractivity contribution in [2.75, 3.05) is 53.5 Å². The zero-order valence-corrected chi connectivity index (χ0v) is 24.9. The van der Waals surface area contributed by atoms with Gasteiger partial charge in [-0.3, -0.25) is 14.8 Å². The Kier molecular flexibility index (Phi) is 9.31. The smallest absolute Gasteiger partial charge is 0.349 e. The molecule has 2 aromatic heterocycles. The van der Waals surface area contributed by atoms with E-state index in [1.54, 1.807) is 5.38 Å². The number of aromatic nitrogens is 1. The number of hydrogen-bond donors (Lipinski definition) is 0. The third kappa shape index (κ3) is 7.11. The van der Waals surface area contributed by atoms with Crippen LogP contribution in [0.25, 0.3) is 10.9 Å². The summed E-state index contributed by atoms with van der Waals surface area (Å²) >= 11 is 1.07. The maximum Gasteiger partial charge on any atom is 0.349 e. The highest BCUT2D eigenvalue weighted by molar-refractivity contribution is 7.89. The predicted molar refractivity (Wildman–Crippen MR) is 160 cm³/mol. The van der Waals surface area contributed by atoms with Gasteiger partial charge in [-0.1, -0.05) is 24.3 Å². The standard InChI is InChI=1S/C30H34N4O5S2/c1-32(22-24-7-10-27-25(20-24)4-3-12-31-27)21-23-5-8-26(9-6-23)39-18-17-33-13-15-34(16-14-33)41(36,37)28-11-19-40-29(28)30(35)38-2/h3-12,19-20H,13-18,21-22H2,1-2H3. The summed E-state index contributed by atoms with van der Waals surface area (Å²) in [6, 6.07) is 20.1. The summed E-state index contributed by atoms with van der Waals surface area (Å²) in [5.41, 5.74) is 3.47. The Labute approximate surface area is 245 Å². The molecular weight excluding hydrogens is 560 g/mol. The lowest BCUT2D eigenvalue weighted by atomic mass is 10.1. The second kappa shape index (κ2) is 13.1. The van der Waals surface area contributed by atoms with Gasteiger partial charge in [0.05, 0.1) is 12.6 Å². The lowest BCUT2D eigenvalue weighted by Gasteiger charge is -2.33. The predicted octanol–water partition coefficient (Wildman–Crippen LogP) is 4.10. The molecule has 41 heavy (non-hydrogen) atoms. The molecule has 5 rings (SSSR count). The van der Waals surface area contributed by atoms with Crippen molar-refractivity contribution < 1.29 is 22.7 Å². The summed E-state index contributed by atoms with van der Waals surface area (Å²) in [5, 5.41) is 2.75. The van der Waals surface area contributed by atoms with Gasteiger partial charge in [0.15, 0.2) is 0 Å². The minimum atomic E-state index is -3.75. The van der Waals surface area contributed by atoms with Crippen LogP contribution < -0.4 is 4.74 Å². The van der Waals surface area contributed by atoms with Crippen LogP contribution in [0.15, 0.2) is 77.1 Å². The zero-order chi connectivity index (χ0) is 28.8. The lowest BCUT2D eigenvalue weighted by Crippen LogP contribution is -2.49. The molecule has 0 aliphatic carbocycles. The molecule has 0 unspecified atom stereocenters. The number of hydrogen-bond acceptors (Lipinski definition) is 9. The molecule has 0 amide bonds. The molecule has 2 aromatic carbocycles. The van der Waals surface area contributed by atoms with Gasteiger partial charge in [-0.25, -0.2) is 13.2 Å². The van der Waals surface area contributed by atoms with Crippen molar-refractivity contribution in [3.63, 3.8) is 0 Å². The maximum absolute atomic E-state index is 13.1. The van der Waals surface area contributed by atoms with Gasteiger partial charge in [0.1, 0.15) is 22.1 Å². The Morgan fingerprint density at radius 3 is 2.49 bits per heavy atom. The van der Waals surface area contributed by atoms with E-state index in [-0.39, 0.29) is 9.77 Å². The molecule has 1 aliphatic heterocycles. The van der Waals surface area contributed by atoms with Crippen LogP contribution in [0.2, 0.25) is 0 Å².